The minimum absolute atomic E-state index is 0.000995. The Kier molecular flexibility index (Phi) is 4.34. The molecule has 0 radical (unpaired) electrons. The Morgan fingerprint density at radius 1 is 1.52 bits per heavy atom. The first-order valence-electron chi connectivity index (χ1n) is 6.00. The first-order valence-corrected chi connectivity index (χ1v) is 6.38. The van der Waals surface area contributed by atoms with Gasteiger partial charge in [-0.3, -0.25) is 4.79 Å². The Balaban J connectivity index is 2.49. The monoisotopic (exact) mass is 324 g/mol. The van der Waals surface area contributed by atoms with Crippen molar-refractivity contribution in [2.75, 3.05) is 7.11 Å². The van der Waals surface area contributed by atoms with Crippen molar-refractivity contribution in [3.63, 3.8) is 0 Å². The molecule has 0 spiro atoms. The molecule has 0 saturated carbocycles. The van der Waals surface area contributed by atoms with E-state index in [4.69, 9.17) is 26.2 Å². The number of fused-ring (bicyclic) bond motifs is 1. The molecule has 0 aliphatic carbocycles. The second-order valence-corrected chi connectivity index (χ2v) is 5.15. The summed E-state index contributed by atoms with van der Waals surface area (Å²) in [4.78, 5) is 11.1. The molecule has 0 saturated heterocycles. The van der Waals surface area contributed by atoms with Gasteiger partial charge in [-0.1, -0.05) is 11.6 Å². The number of hydrogen-bond acceptors (Lipinski definition) is 3. The molecular formula is C13H12ClF3O4. The third-order valence-electron chi connectivity index (χ3n) is 3.20. The maximum absolute atomic E-state index is 13.0. The number of aliphatic carboxylic acids is 1. The van der Waals surface area contributed by atoms with Crippen LogP contribution in [0.4, 0.5) is 13.2 Å². The van der Waals surface area contributed by atoms with Gasteiger partial charge in [0.25, 0.3) is 0 Å². The predicted octanol–water partition coefficient (Wildman–Crippen LogP) is 3.05. The van der Waals surface area contributed by atoms with Crippen molar-refractivity contribution in [2.24, 2.45) is 5.92 Å². The number of hydrogen-bond donors (Lipinski definition) is 1. The number of rotatable bonds is 3. The van der Waals surface area contributed by atoms with Crippen LogP contribution in [0.5, 0.6) is 5.75 Å². The van der Waals surface area contributed by atoms with Crippen LogP contribution < -0.4 is 4.74 Å². The van der Waals surface area contributed by atoms with E-state index in [-0.39, 0.29) is 18.8 Å². The molecule has 2 atom stereocenters. The van der Waals surface area contributed by atoms with Crippen LogP contribution in [0.2, 0.25) is 5.02 Å². The molecule has 0 fully saturated rings. The van der Waals surface area contributed by atoms with Crippen molar-refractivity contribution in [1.82, 2.24) is 0 Å². The molecular weight excluding hydrogens is 313 g/mol. The summed E-state index contributed by atoms with van der Waals surface area (Å²) < 4.78 is 48.9. The highest BCUT2D eigenvalue weighted by molar-refractivity contribution is 6.30. The van der Waals surface area contributed by atoms with Crippen molar-refractivity contribution in [1.29, 1.82) is 0 Å². The highest BCUT2D eigenvalue weighted by atomic mass is 35.5. The number of carboxylic acid groups (broad SMARTS) is 1. The number of ether oxygens (including phenoxy) is 2. The second-order valence-electron chi connectivity index (χ2n) is 4.72. The molecule has 2 rings (SSSR count). The molecule has 0 amide bonds. The molecule has 116 valence electrons. The van der Waals surface area contributed by atoms with Gasteiger partial charge in [-0.2, -0.15) is 13.2 Å². The van der Waals surface area contributed by atoms with Crippen molar-refractivity contribution in [3.05, 3.63) is 28.3 Å². The van der Waals surface area contributed by atoms with Crippen molar-refractivity contribution in [3.8, 4) is 5.75 Å². The average molecular weight is 325 g/mol. The van der Waals surface area contributed by atoms with Gasteiger partial charge in [0.2, 0.25) is 6.10 Å². The van der Waals surface area contributed by atoms with Gasteiger partial charge >= 0.3 is 12.1 Å². The Bertz CT molecular complexity index is 559. The van der Waals surface area contributed by atoms with Crippen LogP contribution in [0.1, 0.15) is 11.1 Å². The second kappa shape index (κ2) is 5.73. The van der Waals surface area contributed by atoms with E-state index in [1.165, 1.54) is 19.2 Å². The molecule has 8 heteroatoms. The molecule has 4 nitrogen and oxygen atoms in total. The van der Waals surface area contributed by atoms with Crippen LogP contribution in [0.15, 0.2) is 12.1 Å². The summed E-state index contributed by atoms with van der Waals surface area (Å²) >= 11 is 5.89. The third-order valence-corrected chi connectivity index (χ3v) is 3.42. The summed E-state index contributed by atoms with van der Waals surface area (Å²) in [5.74, 6) is -3.26. The van der Waals surface area contributed by atoms with E-state index in [2.05, 4.69) is 0 Å². The zero-order valence-electron chi connectivity index (χ0n) is 10.9. The first-order chi connectivity index (χ1) is 9.74. The Hall–Kier alpha value is -1.47. The van der Waals surface area contributed by atoms with Gasteiger partial charge in [0.05, 0.1) is 6.61 Å². The molecule has 0 bridgehead atoms. The maximum Gasteiger partial charge on any atom is 0.426 e. The van der Waals surface area contributed by atoms with E-state index < -0.39 is 24.2 Å². The van der Waals surface area contributed by atoms with E-state index in [0.717, 1.165) is 0 Å². The van der Waals surface area contributed by atoms with Crippen LogP contribution in [0.25, 0.3) is 0 Å². The van der Waals surface area contributed by atoms with E-state index in [0.29, 0.717) is 16.1 Å². The molecule has 1 heterocycles. The van der Waals surface area contributed by atoms with Crippen LogP contribution >= 0.6 is 11.6 Å². The van der Waals surface area contributed by atoms with Crippen LogP contribution in [0, 0.1) is 5.92 Å². The van der Waals surface area contributed by atoms with Gasteiger partial charge in [-0.05, 0) is 24.1 Å². The van der Waals surface area contributed by atoms with Gasteiger partial charge in [-0.25, -0.2) is 0 Å². The van der Waals surface area contributed by atoms with Crippen LogP contribution in [-0.4, -0.2) is 30.5 Å². The zero-order chi connectivity index (χ0) is 15.8. The largest absolute Gasteiger partial charge is 0.481 e. The van der Waals surface area contributed by atoms with E-state index in [1.807, 2.05) is 0 Å². The first kappa shape index (κ1) is 15.9. The minimum Gasteiger partial charge on any atom is -0.481 e. The summed E-state index contributed by atoms with van der Waals surface area (Å²) in [6.45, 7) is 0.0191. The fraction of sp³-hybridized carbons (Fsp3) is 0.462. The maximum atomic E-state index is 13.0. The number of halogens is 4. The Morgan fingerprint density at radius 2 is 2.19 bits per heavy atom. The summed E-state index contributed by atoms with van der Waals surface area (Å²) in [6.07, 6.45) is -7.46. The summed E-state index contributed by atoms with van der Waals surface area (Å²) in [5, 5.41) is 9.29. The Morgan fingerprint density at radius 3 is 2.71 bits per heavy atom. The average Bonchev–Trinajstić information content (AvgIpc) is 2.36. The fourth-order valence-corrected chi connectivity index (χ4v) is 2.61. The third kappa shape index (κ3) is 3.24. The van der Waals surface area contributed by atoms with Gasteiger partial charge in [0.15, 0.2) is 0 Å². The van der Waals surface area contributed by atoms with Gasteiger partial charge in [0, 0.05) is 17.7 Å². The predicted molar refractivity (Wildman–Crippen MR) is 67.5 cm³/mol. The molecule has 1 aliphatic heterocycles. The lowest BCUT2D eigenvalue weighted by atomic mass is 9.89. The number of benzene rings is 1. The van der Waals surface area contributed by atoms with Gasteiger partial charge in [0.1, 0.15) is 11.7 Å². The molecule has 2 unspecified atom stereocenters. The lowest BCUT2D eigenvalue weighted by Gasteiger charge is -2.33. The minimum atomic E-state index is -4.77. The zero-order valence-corrected chi connectivity index (χ0v) is 11.7. The SMILES string of the molecule is COCc1cc(Cl)cc2c1OC(C(F)(F)F)C(C(=O)O)C2. The van der Waals surface area contributed by atoms with Crippen molar-refractivity contribution < 1.29 is 32.5 Å². The topological polar surface area (TPSA) is 55.8 Å². The van der Waals surface area contributed by atoms with E-state index in [1.54, 1.807) is 0 Å². The summed E-state index contributed by atoms with van der Waals surface area (Å²) in [6, 6.07) is 2.86. The highest BCUT2D eigenvalue weighted by Crippen LogP contribution is 2.41. The van der Waals surface area contributed by atoms with Crippen molar-refractivity contribution >= 4 is 17.6 Å². The Labute approximate surface area is 123 Å². The summed E-state index contributed by atoms with van der Waals surface area (Å²) in [7, 11) is 1.39. The van der Waals surface area contributed by atoms with E-state index >= 15 is 0 Å². The standard InChI is InChI=1S/C13H12ClF3O4/c1-20-5-7-3-8(14)2-6-4-9(12(18)19)11(13(15,16)17)21-10(6)7/h2-3,9,11H,4-5H2,1H3,(H,18,19). The molecule has 1 N–H and O–H groups in total. The normalized spacial score (nSPS) is 21.6. The molecule has 1 aromatic carbocycles. The quantitative estimate of drug-likeness (QED) is 0.928. The number of carboxylic acids is 1. The highest BCUT2D eigenvalue weighted by Gasteiger charge is 2.52. The molecule has 1 aromatic rings. The van der Waals surface area contributed by atoms with E-state index in [9.17, 15) is 18.0 Å². The number of carbonyl (C=O) groups is 1. The smallest absolute Gasteiger partial charge is 0.426 e. The molecule has 0 aromatic heterocycles. The van der Waals surface area contributed by atoms with Crippen LogP contribution in [-0.2, 0) is 22.6 Å². The molecule has 21 heavy (non-hydrogen) atoms. The van der Waals surface area contributed by atoms with Crippen molar-refractivity contribution in [2.45, 2.75) is 25.3 Å². The van der Waals surface area contributed by atoms with Gasteiger partial charge < -0.3 is 14.6 Å². The number of methoxy groups -OCH3 is 1. The lowest BCUT2D eigenvalue weighted by Crippen LogP contribution is -2.47. The van der Waals surface area contributed by atoms with Crippen LogP contribution in [0.3, 0.4) is 0 Å². The van der Waals surface area contributed by atoms with Gasteiger partial charge in [-0.15, -0.1) is 0 Å². The number of alkyl halides is 3. The summed E-state index contributed by atoms with van der Waals surface area (Å²) in [5.41, 5.74) is 0.695. The lowest BCUT2D eigenvalue weighted by molar-refractivity contribution is -0.217. The molecule has 1 aliphatic rings. The fourth-order valence-electron chi connectivity index (χ4n) is 2.34.